The van der Waals surface area contributed by atoms with Gasteiger partial charge in [-0.2, -0.15) is 0 Å². The van der Waals surface area contributed by atoms with Gasteiger partial charge >= 0.3 is 0 Å². The molecule has 0 aromatic carbocycles. The number of aryl methyl sites for hydroxylation is 1. The Morgan fingerprint density at radius 3 is 3.05 bits per heavy atom. The Balaban J connectivity index is 2.22. The minimum Gasteiger partial charge on any atom is -0.385 e. The van der Waals surface area contributed by atoms with Crippen LogP contribution in [0.3, 0.4) is 0 Å². The molecule has 1 aromatic heterocycles. The van der Waals surface area contributed by atoms with Crippen LogP contribution in [0.2, 0.25) is 0 Å². The molecule has 0 spiro atoms. The largest absolute Gasteiger partial charge is 0.385 e. The summed E-state index contributed by atoms with van der Waals surface area (Å²) in [6.45, 7) is 6.06. The maximum atomic E-state index is 12.5. The smallest absolute Gasteiger partial charge is 0.257 e. The van der Waals surface area contributed by atoms with Gasteiger partial charge in [-0.15, -0.1) is 0 Å². The molecular weight excluding hydrogens is 242 g/mol. The monoisotopic (exact) mass is 263 g/mol. The van der Waals surface area contributed by atoms with Gasteiger partial charge in [0.15, 0.2) is 0 Å². The van der Waals surface area contributed by atoms with Crippen molar-refractivity contribution in [2.75, 3.05) is 32.1 Å². The topological polar surface area (TPSA) is 54.5 Å². The van der Waals surface area contributed by atoms with E-state index in [9.17, 15) is 4.79 Å². The highest BCUT2D eigenvalue weighted by Gasteiger charge is 2.26. The molecule has 2 rings (SSSR count). The molecule has 1 atom stereocenters. The number of amides is 1. The lowest BCUT2D eigenvalue weighted by molar-refractivity contribution is 0.0712. The summed E-state index contributed by atoms with van der Waals surface area (Å²) in [7, 11) is 1.83. The molecule has 0 bridgehead atoms. The van der Waals surface area contributed by atoms with E-state index in [2.05, 4.69) is 10.3 Å². The lowest BCUT2D eigenvalue weighted by Gasteiger charge is -2.24. The van der Waals surface area contributed by atoms with E-state index in [0.717, 1.165) is 31.0 Å². The number of rotatable bonds is 4. The molecule has 19 heavy (non-hydrogen) atoms. The molecule has 1 fully saturated rings. The van der Waals surface area contributed by atoms with Crippen molar-refractivity contribution < 1.29 is 9.53 Å². The highest BCUT2D eigenvalue weighted by molar-refractivity contribution is 5.99. The zero-order valence-corrected chi connectivity index (χ0v) is 11.8. The number of hydrogen-bond acceptors (Lipinski definition) is 4. The summed E-state index contributed by atoms with van der Waals surface area (Å²) in [4.78, 5) is 18.5. The van der Waals surface area contributed by atoms with Crippen LogP contribution < -0.4 is 5.32 Å². The number of nitrogens with zero attached hydrogens (tertiary/aromatic N) is 2. The van der Waals surface area contributed by atoms with Crippen LogP contribution in [0.1, 0.15) is 29.4 Å². The van der Waals surface area contributed by atoms with E-state index in [1.54, 1.807) is 11.1 Å². The van der Waals surface area contributed by atoms with Crippen molar-refractivity contribution in [1.29, 1.82) is 0 Å². The van der Waals surface area contributed by atoms with Crippen molar-refractivity contribution in [2.45, 2.75) is 26.3 Å². The number of ether oxygens (including phenoxy) is 1. The molecule has 104 valence electrons. The molecule has 2 heterocycles. The fourth-order valence-electron chi connectivity index (χ4n) is 2.25. The Kier molecular flexibility index (Phi) is 4.37. The molecule has 1 amide bonds. The standard InChI is InChI=1S/C14H21N3O2/c1-4-15-13-7-10(2)16-8-12(13)14(18)17(3)11-5-6-19-9-11/h7-8,11H,4-6,9H2,1-3H3,(H,15,16). The fraction of sp³-hybridized carbons (Fsp3) is 0.571. The predicted octanol–water partition coefficient (Wildman–Crippen LogP) is 1.68. The first-order chi connectivity index (χ1) is 9.13. The van der Waals surface area contributed by atoms with Crippen molar-refractivity contribution >= 4 is 11.6 Å². The van der Waals surface area contributed by atoms with E-state index >= 15 is 0 Å². The maximum Gasteiger partial charge on any atom is 0.257 e. The fourth-order valence-corrected chi connectivity index (χ4v) is 2.25. The first-order valence-corrected chi connectivity index (χ1v) is 6.69. The summed E-state index contributed by atoms with van der Waals surface area (Å²) in [5.41, 5.74) is 2.38. The Bertz CT molecular complexity index is 456. The molecule has 1 aromatic rings. The molecule has 0 radical (unpaired) electrons. The first-order valence-electron chi connectivity index (χ1n) is 6.69. The van der Waals surface area contributed by atoms with Crippen molar-refractivity contribution in [3.8, 4) is 0 Å². The van der Waals surface area contributed by atoms with E-state index in [4.69, 9.17) is 4.74 Å². The number of nitrogens with one attached hydrogen (secondary N) is 1. The summed E-state index contributed by atoms with van der Waals surface area (Å²) in [6.07, 6.45) is 2.56. The third-order valence-electron chi connectivity index (χ3n) is 3.41. The van der Waals surface area contributed by atoms with Crippen LogP contribution in [0.5, 0.6) is 0 Å². The van der Waals surface area contributed by atoms with Gasteiger partial charge < -0.3 is 15.0 Å². The second-order valence-corrected chi connectivity index (χ2v) is 4.84. The van der Waals surface area contributed by atoms with Crippen LogP contribution in [0.25, 0.3) is 0 Å². The summed E-state index contributed by atoms with van der Waals surface area (Å²) >= 11 is 0. The SMILES string of the molecule is CCNc1cc(C)ncc1C(=O)N(C)C1CCOC1. The highest BCUT2D eigenvalue weighted by atomic mass is 16.5. The van der Waals surface area contributed by atoms with Gasteiger partial charge in [0.25, 0.3) is 5.91 Å². The first kappa shape index (κ1) is 13.8. The van der Waals surface area contributed by atoms with Crippen LogP contribution in [-0.2, 0) is 4.74 Å². The summed E-state index contributed by atoms with van der Waals surface area (Å²) in [5, 5.41) is 3.22. The Hall–Kier alpha value is -1.62. The van der Waals surface area contributed by atoms with E-state index in [1.165, 1.54) is 0 Å². The van der Waals surface area contributed by atoms with Crippen molar-refractivity contribution in [1.82, 2.24) is 9.88 Å². The highest BCUT2D eigenvalue weighted by Crippen LogP contribution is 2.20. The average Bonchev–Trinajstić information content (AvgIpc) is 2.91. The predicted molar refractivity (Wildman–Crippen MR) is 74.5 cm³/mol. The van der Waals surface area contributed by atoms with Gasteiger partial charge in [-0.1, -0.05) is 0 Å². The van der Waals surface area contributed by atoms with Gasteiger partial charge in [-0.05, 0) is 26.3 Å². The third kappa shape index (κ3) is 3.04. The lowest BCUT2D eigenvalue weighted by Crippen LogP contribution is -2.37. The molecule has 1 aliphatic heterocycles. The Morgan fingerprint density at radius 2 is 2.42 bits per heavy atom. The van der Waals surface area contributed by atoms with Gasteiger partial charge in [-0.3, -0.25) is 9.78 Å². The molecule has 1 unspecified atom stereocenters. The van der Waals surface area contributed by atoms with Gasteiger partial charge in [-0.25, -0.2) is 0 Å². The second-order valence-electron chi connectivity index (χ2n) is 4.84. The number of carbonyl (C=O) groups is 1. The molecule has 0 saturated carbocycles. The normalized spacial score (nSPS) is 18.4. The average molecular weight is 263 g/mol. The Labute approximate surface area is 114 Å². The van der Waals surface area contributed by atoms with Crippen molar-refractivity contribution in [2.24, 2.45) is 0 Å². The van der Waals surface area contributed by atoms with Crippen molar-refractivity contribution in [3.05, 3.63) is 23.5 Å². The summed E-state index contributed by atoms with van der Waals surface area (Å²) < 4.78 is 5.34. The van der Waals surface area contributed by atoms with E-state index in [1.807, 2.05) is 27.0 Å². The van der Waals surface area contributed by atoms with Crippen LogP contribution in [0.4, 0.5) is 5.69 Å². The summed E-state index contributed by atoms with van der Waals surface area (Å²) in [5.74, 6) is -0.000972. The Morgan fingerprint density at radius 1 is 1.63 bits per heavy atom. The third-order valence-corrected chi connectivity index (χ3v) is 3.41. The maximum absolute atomic E-state index is 12.5. The van der Waals surface area contributed by atoms with Gasteiger partial charge in [0, 0.05) is 32.1 Å². The minimum absolute atomic E-state index is 0.000972. The summed E-state index contributed by atoms with van der Waals surface area (Å²) in [6, 6.07) is 2.08. The number of pyridine rings is 1. The second kappa shape index (κ2) is 6.02. The van der Waals surface area contributed by atoms with Gasteiger partial charge in [0.05, 0.1) is 23.9 Å². The van der Waals surface area contributed by atoms with Crippen LogP contribution in [-0.4, -0.2) is 48.6 Å². The minimum atomic E-state index is -0.000972. The van der Waals surface area contributed by atoms with Crippen LogP contribution in [0, 0.1) is 6.92 Å². The molecule has 1 aliphatic rings. The number of likely N-dealkylation sites (N-methyl/N-ethyl adjacent to an activating group) is 1. The van der Waals surface area contributed by atoms with E-state index < -0.39 is 0 Å². The van der Waals surface area contributed by atoms with E-state index in [0.29, 0.717) is 12.2 Å². The molecule has 1 N–H and O–H groups in total. The molecule has 1 saturated heterocycles. The van der Waals surface area contributed by atoms with Gasteiger partial charge in [0.2, 0.25) is 0 Å². The number of carbonyl (C=O) groups excluding carboxylic acids is 1. The van der Waals surface area contributed by atoms with Gasteiger partial charge in [0.1, 0.15) is 0 Å². The molecule has 5 nitrogen and oxygen atoms in total. The van der Waals surface area contributed by atoms with E-state index in [-0.39, 0.29) is 11.9 Å². The molecule has 5 heteroatoms. The molecule has 0 aliphatic carbocycles. The zero-order chi connectivity index (χ0) is 13.8. The number of anilines is 1. The van der Waals surface area contributed by atoms with Crippen LogP contribution >= 0.6 is 0 Å². The lowest BCUT2D eigenvalue weighted by atomic mass is 10.1. The zero-order valence-electron chi connectivity index (χ0n) is 11.8. The number of aromatic nitrogens is 1. The number of hydrogen-bond donors (Lipinski definition) is 1. The van der Waals surface area contributed by atoms with Crippen LogP contribution in [0.15, 0.2) is 12.3 Å². The molecular formula is C14H21N3O2. The quantitative estimate of drug-likeness (QED) is 0.898. The van der Waals surface area contributed by atoms with Crippen molar-refractivity contribution in [3.63, 3.8) is 0 Å².